The summed E-state index contributed by atoms with van der Waals surface area (Å²) in [5.41, 5.74) is 5.99. The second-order valence-corrected chi connectivity index (χ2v) is 7.04. The molecule has 5 rings (SSSR count). The third kappa shape index (κ3) is 3.28. The Balaban J connectivity index is 1.43. The Kier molecular flexibility index (Phi) is 4.14. The average Bonchev–Trinajstić information content (AvgIpc) is 3.37. The molecule has 6 heteroatoms. The first-order chi connectivity index (χ1) is 13.7. The third-order valence-electron chi connectivity index (χ3n) is 4.64. The predicted octanol–water partition coefficient (Wildman–Crippen LogP) is 5.14. The zero-order valence-corrected chi connectivity index (χ0v) is 15.6. The van der Waals surface area contributed by atoms with Gasteiger partial charge in [0.15, 0.2) is 5.82 Å². The molecule has 2 aliphatic heterocycles. The Bertz CT molecular complexity index is 1190. The van der Waals surface area contributed by atoms with Crippen LogP contribution in [0.3, 0.4) is 0 Å². The summed E-state index contributed by atoms with van der Waals surface area (Å²) in [7, 11) is 0. The van der Waals surface area contributed by atoms with Crippen molar-refractivity contribution in [2.24, 2.45) is 0 Å². The van der Waals surface area contributed by atoms with E-state index in [4.69, 9.17) is 16.6 Å². The van der Waals surface area contributed by atoms with E-state index in [0.29, 0.717) is 6.54 Å². The summed E-state index contributed by atoms with van der Waals surface area (Å²) in [5, 5.41) is 7.69. The van der Waals surface area contributed by atoms with Gasteiger partial charge in [0.1, 0.15) is 5.69 Å². The van der Waals surface area contributed by atoms with Gasteiger partial charge in [0, 0.05) is 29.2 Å². The number of H-pyrrole nitrogens is 1. The van der Waals surface area contributed by atoms with Crippen LogP contribution in [-0.4, -0.2) is 24.7 Å². The van der Waals surface area contributed by atoms with Crippen LogP contribution in [0.15, 0.2) is 79.3 Å². The second-order valence-electron chi connectivity index (χ2n) is 6.60. The monoisotopic (exact) mass is 385 g/mol. The maximum Gasteiger partial charge on any atom is 0.160 e. The van der Waals surface area contributed by atoms with Gasteiger partial charge in [-0.1, -0.05) is 48.0 Å². The van der Waals surface area contributed by atoms with Gasteiger partial charge < -0.3 is 4.57 Å². The van der Waals surface area contributed by atoms with Crippen LogP contribution in [0.1, 0.15) is 5.69 Å². The maximum atomic E-state index is 6.10. The van der Waals surface area contributed by atoms with E-state index in [2.05, 4.69) is 31.9 Å². The van der Waals surface area contributed by atoms with Crippen molar-refractivity contribution in [1.29, 1.82) is 0 Å². The molecular formula is C22H16ClN5. The lowest BCUT2D eigenvalue weighted by Crippen LogP contribution is -2.01. The van der Waals surface area contributed by atoms with E-state index in [1.54, 1.807) is 6.20 Å². The highest BCUT2D eigenvalue weighted by Gasteiger charge is 2.13. The number of benzene rings is 2. The first-order valence-corrected chi connectivity index (χ1v) is 9.30. The van der Waals surface area contributed by atoms with Crippen molar-refractivity contribution in [2.45, 2.75) is 6.54 Å². The van der Waals surface area contributed by atoms with E-state index in [-0.39, 0.29) is 0 Å². The predicted molar refractivity (Wildman–Crippen MR) is 110 cm³/mol. The average molecular weight is 386 g/mol. The van der Waals surface area contributed by atoms with Gasteiger partial charge in [-0.25, -0.2) is 9.97 Å². The van der Waals surface area contributed by atoms with Crippen molar-refractivity contribution in [3.05, 3.63) is 90.0 Å². The number of nitrogens with zero attached hydrogens (tertiary/aromatic N) is 4. The molecule has 0 fully saturated rings. The Morgan fingerprint density at radius 1 is 0.857 bits per heavy atom. The van der Waals surface area contributed by atoms with Gasteiger partial charge in [-0.2, -0.15) is 5.10 Å². The van der Waals surface area contributed by atoms with E-state index >= 15 is 0 Å². The molecule has 5 nitrogen and oxygen atoms in total. The standard InChI is InChI=1S/C22H16ClN5/c23-18-3-1-2-17(12-18)15-4-6-16(7-5-15)22-25-20-9-11-28(14-21(20)26-22)13-19-8-10-24-27-19/h1-12,14H,13H2,(H,24,27). The summed E-state index contributed by atoms with van der Waals surface area (Å²) in [5.74, 6) is 0.729. The van der Waals surface area contributed by atoms with E-state index in [0.717, 1.165) is 44.6 Å². The van der Waals surface area contributed by atoms with Gasteiger partial charge in [0.25, 0.3) is 0 Å². The highest BCUT2D eigenvalue weighted by molar-refractivity contribution is 6.30. The molecule has 1 N–H and O–H groups in total. The van der Waals surface area contributed by atoms with Gasteiger partial charge in [-0.05, 0) is 35.4 Å². The number of imidazole rings is 1. The Morgan fingerprint density at radius 2 is 1.68 bits per heavy atom. The topological polar surface area (TPSA) is 59.4 Å². The fraction of sp³-hybridized carbons (Fsp3) is 0.0455. The SMILES string of the molecule is Clc1cccc(-c2ccc(-c3nc4ccn(Cc5ccn[nH]5)cc-4n3)cc2)c1. The molecule has 0 saturated heterocycles. The number of rotatable bonds is 4. The Hall–Kier alpha value is -3.44. The van der Waals surface area contributed by atoms with Crippen LogP contribution in [-0.2, 0) is 6.54 Å². The Labute approximate surface area is 167 Å². The summed E-state index contributed by atoms with van der Waals surface area (Å²) < 4.78 is 2.07. The van der Waals surface area contributed by atoms with Crippen LogP contribution in [0.2, 0.25) is 5.02 Å². The van der Waals surface area contributed by atoms with Crippen LogP contribution in [0.25, 0.3) is 33.9 Å². The second kappa shape index (κ2) is 6.94. The number of nitrogens with one attached hydrogen (secondary N) is 1. The number of fused-ring (bicyclic) bond motifs is 1. The number of pyridine rings is 1. The fourth-order valence-electron chi connectivity index (χ4n) is 3.23. The maximum absolute atomic E-state index is 6.10. The van der Waals surface area contributed by atoms with Crippen LogP contribution in [0.4, 0.5) is 0 Å². The smallest absolute Gasteiger partial charge is 0.160 e. The number of aromatic amines is 1. The molecule has 0 amide bonds. The molecule has 136 valence electrons. The van der Waals surface area contributed by atoms with Crippen molar-refractivity contribution in [1.82, 2.24) is 24.7 Å². The minimum atomic E-state index is 0.715. The summed E-state index contributed by atoms with van der Waals surface area (Å²) in [6, 6.07) is 20.0. The molecule has 0 spiro atoms. The van der Waals surface area contributed by atoms with Crippen molar-refractivity contribution >= 4 is 11.6 Å². The number of aromatic nitrogens is 5. The molecule has 0 unspecified atom stereocenters. The highest BCUT2D eigenvalue weighted by Crippen LogP contribution is 2.28. The minimum Gasteiger partial charge on any atom is -0.346 e. The van der Waals surface area contributed by atoms with Gasteiger partial charge in [-0.15, -0.1) is 0 Å². The first kappa shape index (κ1) is 16.7. The lowest BCUT2D eigenvalue weighted by molar-refractivity contribution is 0.761. The minimum absolute atomic E-state index is 0.715. The summed E-state index contributed by atoms with van der Waals surface area (Å²) in [4.78, 5) is 9.38. The highest BCUT2D eigenvalue weighted by atomic mass is 35.5. The quantitative estimate of drug-likeness (QED) is 0.466. The molecule has 0 radical (unpaired) electrons. The van der Waals surface area contributed by atoms with Crippen LogP contribution in [0.5, 0.6) is 0 Å². The molecular weight excluding hydrogens is 370 g/mol. The molecule has 3 aromatic rings. The van der Waals surface area contributed by atoms with Gasteiger partial charge in [-0.3, -0.25) is 5.10 Å². The molecule has 2 aromatic carbocycles. The van der Waals surface area contributed by atoms with Crippen LogP contribution in [0, 0.1) is 0 Å². The van der Waals surface area contributed by atoms with E-state index < -0.39 is 0 Å². The first-order valence-electron chi connectivity index (χ1n) is 8.93. The summed E-state index contributed by atoms with van der Waals surface area (Å²) >= 11 is 6.10. The van der Waals surface area contributed by atoms with Crippen molar-refractivity contribution in [2.75, 3.05) is 0 Å². The van der Waals surface area contributed by atoms with E-state index in [9.17, 15) is 0 Å². The lowest BCUT2D eigenvalue weighted by Gasteiger charge is -2.05. The van der Waals surface area contributed by atoms with Crippen LogP contribution >= 0.6 is 11.6 Å². The van der Waals surface area contributed by atoms with Gasteiger partial charge in [0.2, 0.25) is 0 Å². The largest absolute Gasteiger partial charge is 0.346 e. The lowest BCUT2D eigenvalue weighted by atomic mass is 10.0. The molecule has 0 atom stereocenters. The van der Waals surface area contributed by atoms with E-state index in [1.165, 1.54) is 0 Å². The van der Waals surface area contributed by atoms with Crippen molar-refractivity contribution < 1.29 is 0 Å². The number of hydrogen-bond acceptors (Lipinski definition) is 3. The molecule has 0 saturated carbocycles. The number of hydrogen-bond donors (Lipinski definition) is 1. The Morgan fingerprint density at radius 3 is 2.46 bits per heavy atom. The molecule has 1 aromatic heterocycles. The van der Waals surface area contributed by atoms with Gasteiger partial charge >= 0.3 is 0 Å². The zero-order valence-electron chi connectivity index (χ0n) is 14.9. The fourth-order valence-corrected chi connectivity index (χ4v) is 3.42. The molecule has 28 heavy (non-hydrogen) atoms. The molecule has 0 bridgehead atoms. The van der Waals surface area contributed by atoms with Crippen LogP contribution < -0.4 is 0 Å². The number of halogens is 1. The van der Waals surface area contributed by atoms with Crippen molar-refractivity contribution in [3.8, 4) is 33.9 Å². The third-order valence-corrected chi connectivity index (χ3v) is 4.87. The van der Waals surface area contributed by atoms with Gasteiger partial charge in [0.05, 0.1) is 17.9 Å². The normalized spacial score (nSPS) is 11.2. The zero-order chi connectivity index (χ0) is 18.9. The van der Waals surface area contributed by atoms with E-state index in [1.807, 2.05) is 60.9 Å². The molecule has 0 aliphatic carbocycles. The summed E-state index contributed by atoms with van der Waals surface area (Å²) in [6.45, 7) is 0.715. The molecule has 3 heterocycles. The van der Waals surface area contributed by atoms with Crippen molar-refractivity contribution in [3.63, 3.8) is 0 Å². The summed E-state index contributed by atoms with van der Waals surface area (Å²) in [6.07, 6.45) is 5.76. The molecule has 2 aliphatic rings.